The largest absolute Gasteiger partial charge is 0.502 e. The molecule has 1 aromatic heterocycles. The Morgan fingerprint density at radius 1 is 1.03 bits per heavy atom. The molecule has 2 aromatic carbocycles. The summed E-state index contributed by atoms with van der Waals surface area (Å²) in [6.45, 7) is 6.31. The standard InChI is InChI=1S/C25H25ClN2O2S/c1-25(2,3)19-8-6-18(7-9-19)23(30)22(28-14-4-5-17(15-28)16-29)24(31)27-21-12-10-20(26)11-13-21/h4-15,29H,16H2,1-3H3,(H-,27,30,31)/p+1. The molecular formula is C25H26ClN2O2S+. The van der Waals surface area contributed by atoms with Crippen molar-refractivity contribution in [1.29, 1.82) is 0 Å². The number of pyridine rings is 1. The van der Waals surface area contributed by atoms with E-state index in [2.05, 4.69) is 26.1 Å². The van der Waals surface area contributed by atoms with Crippen molar-refractivity contribution in [3.05, 3.63) is 94.8 Å². The number of aliphatic hydroxyl groups is 2. The Labute approximate surface area is 193 Å². The van der Waals surface area contributed by atoms with E-state index in [1.165, 1.54) is 5.56 Å². The quantitative estimate of drug-likeness (QED) is 0.199. The van der Waals surface area contributed by atoms with Crippen LogP contribution in [0.15, 0.2) is 73.1 Å². The third-order valence-corrected chi connectivity index (χ3v) is 5.42. The molecule has 3 rings (SSSR count). The molecule has 0 aliphatic carbocycles. The fourth-order valence-electron chi connectivity index (χ4n) is 3.09. The Bertz CT molecular complexity index is 1100. The van der Waals surface area contributed by atoms with Crippen molar-refractivity contribution in [3.8, 4) is 0 Å². The lowest BCUT2D eigenvalue weighted by molar-refractivity contribution is -0.576. The Morgan fingerprint density at radius 2 is 1.68 bits per heavy atom. The molecule has 31 heavy (non-hydrogen) atoms. The highest BCUT2D eigenvalue weighted by Gasteiger charge is 2.25. The fraction of sp³-hybridized carbons (Fsp3) is 0.200. The number of nitrogens with one attached hydrogen (secondary N) is 1. The number of aliphatic hydroxyl groups excluding tert-OH is 2. The molecule has 4 nitrogen and oxygen atoms in total. The number of hydrogen-bond acceptors (Lipinski definition) is 3. The Hall–Kier alpha value is -2.73. The molecule has 0 aliphatic rings. The van der Waals surface area contributed by atoms with Gasteiger partial charge in [-0.25, -0.2) is 0 Å². The van der Waals surface area contributed by atoms with Gasteiger partial charge in [0.15, 0.2) is 23.1 Å². The SMILES string of the molecule is CC(C)(C)c1ccc(/C(O)=C(/C(=S)Nc2ccc(Cl)cc2)[n+]2cccc(CO)c2)cc1. The van der Waals surface area contributed by atoms with E-state index < -0.39 is 0 Å². The molecule has 0 spiro atoms. The molecule has 3 aromatic rings. The highest BCUT2D eigenvalue weighted by Crippen LogP contribution is 2.25. The van der Waals surface area contributed by atoms with Crippen molar-refractivity contribution < 1.29 is 14.8 Å². The summed E-state index contributed by atoms with van der Waals surface area (Å²) < 4.78 is 1.71. The lowest BCUT2D eigenvalue weighted by Crippen LogP contribution is -2.39. The number of rotatable bonds is 5. The third kappa shape index (κ3) is 5.70. The van der Waals surface area contributed by atoms with Gasteiger partial charge in [-0.2, -0.15) is 4.57 Å². The van der Waals surface area contributed by atoms with Crippen LogP contribution in [0.3, 0.4) is 0 Å². The number of halogens is 1. The normalized spacial score (nSPS) is 12.3. The zero-order valence-electron chi connectivity index (χ0n) is 17.8. The second-order valence-corrected chi connectivity index (χ2v) is 9.11. The predicted molar refractivity (Wildman–Crippen MR) is 131 cm³/mol. The number of thiocarbonyl (C=S) groups is 1. The maximum atomic E-state index is 11.2. The Morgan fingerprint density at radius 3 is 2.26 bits per heavy atom. The minimum absolute atomic E-state index is 0.0103. The summed E-state index contributed by atoms with van der Waals surface area (Å²) in [5, 5.41) is 24.6. The van der Waals surface area contributed by atoms with Crippen LogP contribution in [0.25, 0.3) is 11.5 Å². The summed E-state index contributed by atoms with van der Waals surface area (Å²) in [6.07, 6.45) is 3.52. The number of nitrogens with zero attached hydrogens (tertiary/aromatic N) is 1. The van der Waals surface area contributed by atoms with Crippen LogP contribution in [0.1, 0.15) is 37.5 Å². The van der Waals surface area contributed by atoms with Crippen LogP contribution in [-0.4, -0.2) is 15.2 Å². The molecule has 160 valence electrons. The Balaban J connectivity index is 2.07. The Kier molecular flexibility index (Phi) is 7.11. The van der Waals surface area contributed by atoms with E-state index in [0.717, 1.165) is 5.69 Å². The van der Waals surface area contributed by atoms with Gasteiger partial charge in [-0.05, 0) is 41.3 Å². The van der Waals surface area contributed by atoms with Crippen molar-refractivity contribution in [1.82, 2.24) is 0 Å². The first-order valence-electron chi connectivity index (χ1n) is 9.91. The second-order valence-electron chi connectivity index (χ2n) is 8.26. The van der Waals surface area contributed by atoms with Crippen molar-refractivity contribution in [3.63, 3.8) is 0 Å². The summed E-state index contributed by atoms with van der Waals surface area (Å²) in [5.41, 5.74) is 3.68. The summed E-state index contributed by atoms with van der Waals surface area (Å²) >= 11 is 11.6. The van der Waals surface area contributed by atoms with Crippen LogP contribution >= 0.6 is 23.8 Å². The zero-order valence-corrected chi connectivity index (χ0v) is 19.3. The zero-order chi connectivity index (χ0) is 22.6. The summed E-state index contributed by atoms with van der Waals surface area (Å²) in [6, 6.07) is 18.6. The summed E-state index contributed by atoms with van der Waals surface area (Å²) in [4.78, 5) is 0.333. The first kappa shape index (κ1) is 22.9. The molecule has 0 aliphatic heterocycles. The van der Waals surface area contributed by atoms with E-state index in [0.29, 0.717) is 26.8 Å². The molecule has 0 radical (unpaired) electrons. The van der Waals surface area contributed by atoms with E-state index in [9.17, 15) is 10.2 Å². The van der Waals surface area contributed by atoms with Gasteiger partial charge in [0.2, 0.25) is 0 Å². The molecular weight excluding hydrogens is 428 g/mol. The average Bonchev–Trinajstić information content (AvgIpc) is 2.75. The van der Waals surface area contributed by atoms with Gasteiger partial charge in [0.25, 0.3) is 5.70 Å². The van der Waals surface area contributed by atoms with Gasteiger partial charge in [0, 0.05) is 27.9 Å². The molecule has 0 atom stereocenters. The van der Waals surface area contributed by atoms with E-state index in [1.54, 1.807) is 41.2 Å². The number of anilines is 1. The first-order chi connectivity index (χ1) is 14.7. The monoisotopic (exact) mass is 453 g/mol. The number of hydrogen-bond donors (Lipinski definition) is 3. The minimum atomic E-state index is -0.119. The molecule has 0 amide bonds. The number of benzene rings is 2. The van der Waals surface area contributed by atoms with Crippen LogP contribution in [0, 0.1) is 0 Å². The molecule has 0 fully saturated rings. The van der Waals surface area contributed by atoms with E-state index in [1.807, 2.05) is 36.4 Å². The maximum Gasteiger partial charge on any atom is 0.288 e. The van der Waals surface area contributed by atoms with E-state index in [-0.39, 0.29) is 17.8 Å². The van der Waals surface area contributed by atoms with Crippen LogP contribution in [0.2, 0.25) is 5.02 Å². The van der Waals surface area contributed by atoms with Gasteiger partial charge >= 0.3 is 0 Å². The van der Waals surface area contributed by atoms with Crippen LogP contribution in [0.5, 0.6) is 0 Å². The third-order valence-electron chi connectivity index (χ3n) is 4.87. The smallest absolute Gasteiger partial charge is 0.288 e. The van der Waals surface area contributed by atoms with Gasteiger partial charge in [-0.15, -0.1) is 0 Å². The maximum absolute atomic E-state index is 11.2. The molecule has 1 heterocycles. The van der Waals surface area contributed by atoms with Crippen molar-refractivity contribution >= 4 is 46.0 Å². The molecule has 0 unspecified atom stereocenters. The highest BCUT2D eigenvalue weighted by molar-refractivity contribution is 7.81. The van der Waals surface area contributed by atoms with Crippen molar-refractivity contribution in [2.24, 2.45) is 0 Å². The van der Waals surface area contributed by atoms with Crippen LogP contribution < -0.4 is 9.88 Å². The van der Waals surface area contributed by atoms with Gasteiger partial charge < -0.3 is 15.5 Å². The molecule has 0 bridgehead atoms. The highest BCUT2D eigenvalue weighted by atomic mass is 35.5. The first-order valence-corrected chi connectivity index (χ1v) is 10.7. The van der Waals surface area contributed by atoms with Crippen LogP contribution in [-0.2, 0) is 12.0 Å². The summed E-state index contributed by atoms with van der Waals surface area (Å²) in [5.74, 6) is 0.0343. The van der Waals surface area contributed by atoms with Gasteiger partial charge in [0.1, 0.15) is 0 Å². The molecule has 6 heteroatoms. The van der Waals surface area contributed by atoms with Crippen molar-refractivity contribution in [2.75, 3.05) is 5.32 Å². The molecule has 0 saturated carbocycles. The van der Waals surface area contributed by atoms with E-state index in [4.69, 9.17) is 23.8 Å². The van der Waals surface area contributed by atoms with Crippen LogP contribution in [0.4, 0.5) is 5.69 Å². The summed E-state index contributed by atoms with van der Waals surface area (Å²) in [7, 11) is 0. The second kappa shape index (κ2) is 9.60. The molecule has 3 N–H and O–H groups in total. The van der Waals surface area contributed by atoms with E-state index >= 15 is 0 Å². The van der Waals surface area contributed by atoms with Crippen molar-refractivity contribution in [2.45, 2.75) is 32.8 Å². The van der Waals surface area contributed by atoms with Gasteiger partial charge in [-0.3, -0.25) is 0 Å². The topological polar surface area (TPSA) is 56.4 Å². The van der Waals surface area contributed by atoms with Gasteiger partial charge in [-0.1, -0.05) is 68.9 Å². The van der Waals surface area contributed by atoms with Gasteiger partial charge in [0.05, 0.1) is 6.61 Å². The molecule has 0 saturated heterocycles. The average molecular weight is 454 g/mol. The predicted octanol–water partition coefficient (Wildman–Crippen LogP) is 5.74. The minimum Gasteiger partial charge on any atom is -0.502 e. The lowest BCUT2D eigenvalue weighted by atomic mass is 9.86. The lowest BCUT2D eigenvalue weighted by Gasteiger charge is -2.19. The fourth-order valence-corrected chi connectivity index (χ4v) is 3.54. The number of aromatic nitrogens is 1.